The van der Waals surface area contributed by atoms with Crippen LogP contribution in [0.2, 0.25) is 10.0 Å². The number of sulfonamides is 1. The molecule has 1 aromatic heterocycles. The van der Waals surface area contributed by atoms with Crippen LogP contribution in [0.25, 0.3) is 11.5 Å². The SMILES string of the molecule is O=S(=O)(Cc1ccc(Cl)cc1)NCc1nnc(-c2ccc(Cl)cc2)o1. The third-order valence-corrected chi connectivity index (χ3v) is 5.07. The molecule has 6 nitrogen and oxygen atoms in total. The standard InChI is InChI=1S/C16H13Cl2N3O3S/c17-13-5-1-11(2-6-13)10-25(22,23)19-9-15-20-21-16(24-15)12-3-7-14(18)8-4-12/h1-8,19H,9-10H2. The summed E-state index contributed by atoms with van der Waals surface area (Å²) in [5, 5.41) is 8.89. The van der Waals surface area contributed by atoms with Crippen molar-refractivity contribution >= 4 is 33.2 Å². The van der Waals surface area contributed by atoms with Gasteiger partial charge in [0.2, 0.25) is 21.8 Å². The molecule has 3 rings (SSSR count). The number of aromatic nitrogens is 2. The lowest BCUT2D eigenvalue weighted by Crippen LogP contribution is -2.24. The lowest BCUT2D eigenvalue weighted by molar-refractivity contribution is 0.494. The number of benzene rings is 2. The molecule has 0 aliphatic rings. The molecule has 9 heteroatoms. The van der Waals surface area contributed by atoms with Gasteiger partial charge in [-0.2, -0.15) is 0 Å². The van der Waals surface area contributed by atoms with E-state index in [1.54, 1.807) is 48.5 Å². The van der Waals surface area contributed by atoms with E-state index in [-0.39, 0.29) is 18.2 Å². The summed E-state index contributed by atoms with van der Waals surface area (Å²) in [4.78, 5) is 0. The summed E-state index contributed by atoms with van der Waals surface area (Å²) < 4.78 is 32.1. The third-order valence-electron chi connectivity index (χ3n) is 3.27. The maximum atomic E-state index is 12.1. The van der Waals surface area contributed by atoms with Crippen LogP contribution in [-0.2, 0) is 22.3 Å². The zero-order chi connectivity index (χ0) is 17.9. The molecule has 0 radical (unpaired) electrons. The van der Waals surface area contributed by atoms with Crippen molar-refractivity contribution in [1.29, 1.82) is 0 Å². The Morgan fingerprint density at radius 2 is 1.52 bits per heavy atom. The van der Waals surface area contributed by atoms with E-state index in [2.05, 4.69) is 14.9 Å². The van der Waals surface area contributed by atoms with Crippen LogP contribution < -0.4 is 4.72 Å². The molecular formula is C16H13Cl2N3O3S. The second kappa shape index (κ2) is 7.53. The molecule has 130 valence electrons. The maximum Gasteiger partial charge on any atom is 0.247 e. The summed E-state index contributed by atoms with van der Waals surface area (Å²) in [5.41, 5.74) is 1.33. The van der Waals surface area contributed by atoms with Gasteiger partial charge < -0.3 is 4.42 Å². The summed E-state index contributed by atoms with van der Waals surface area (Å²) in [6.07, 6.45) is 0. The zero-order valence-corrected chi connectivity index (χ0v) is 15.1. The van der Waals surface area contributed by atoms with Crippen molar-refractivity contribution in [2.75, 3.05) is 0 Å². The van der Waals surface area contributed by atoms with Crippen molar-refractivity contribution in [3.8, 4) is 11.5 Å². The summed E-state index contributed by atoms with van der Waals surface area (Å²) in [7, 11) is -3.54. The van der Waals surface area contributed by atoms with Crippen LogP contribution in [0.15, 0.2) is 52.9 Å². The summed E-state index contributed by atoms with van der Waals surface area (Å²) in [5.74, 6) is 0.302. The molecule has 0 aliphatic heterocycles. The van der Waals surface area contributed by atoms with Gasteiger partial charge in [0.25, 0.3) is 0 Å². The first-order chi connectivity index (χ1) is 11.9. The Morgan fingerprint density at radius 3 is 2.16 bits per heavy atom. The van der Waals surface area contributed by atoms with E-state index in [1.807, 2.05) is 0 Å². The minimum Gasteiger partial charge on any atom is -0.419 e. The molecule has 0 bridgehead atoms. The Bertz CT molecular complexity index is 955. The molecule has 0 amide bonds. The second-order valence-corrected chi connectivity index (χ2v) is 7.89. The first-order valence-corrected chi connectivity index (χ1v) is 9.62. The molecule has 1 heterocycles. The zero-order valence-electron chi connectivity index (χ0n) is 12.8. The first-order valence-electron chi connectivity index (χ1n) is 7.21. The predicted molar refractivity (Wildman–Crippen MR) is 95.7 cm³/mol. The van der Waals surface area contributed by atoms with Gasteiger partial charge in [-0.3, -0.25) is 0 Å². The highest BCUT2D eigenvalue weighted by Gasteiger charge is 2.14. The molecular weight excluding hydrogens is 385 g/mol. The van der Waals surface area contributed by atoms with Crippen LogP contribution in [0.3, 0.4) is 0 Å². The Kier molecular flexibility index (Phi) is 5.39. The summed E-state index contributed by atoms with van der Waals surface area (Å²) in [6, 6.07) is 13.5. The van der Waals surface area contributed by atoms with Crippen molar-refractivity contribution in [3.63, 3.8) is 0 Å². The minimum atomic E-state index is -3.54. The quantitative estimate of drug-likeness (QED) is 0.685. The van der Waals surface area contributed by atoms with E-state index in [4.69, 9.17) is 27.6 Å². The third kappa shape index (κ3) is 5.02. The van der Waals surface area contributed by atoms with Gasteiger partial charge in [-0.1, -0.05) is 35.3 Å². The van der Waals surface area contributed by atoms with E-state index < -0.39 is 10.0 Å². The van der Waals surface area contributed by atoms with Gasteiger partial charge in [-0.05, 0) is 42.0 Å². The Balaban J connectivity index is 1.63. The highest BCUT2D eigenvalue weighted by Crippen LogP contribution is 2.20. The topological polar surface area (TPSA) is 85.1 Å². The van der Waals surface area contributed by atoms with Crippen molar-refractivity contribution in [2.45, 2.75) is 12.3 Å². The average Bonchev–Trinajstić information content (AvgIpc) is 3.05. The number of nitrogens with zero attached hydrogens (tertiary/aromatic N) is 2. The number of rotatable bonds is 6. The van der Waals surface area contributed by atoms with Crippen molar-refractivity contribution in [2.24, 2.45) is 0 Å². The molecule has 0 atom stereocenters. The largest absolute Gasteiger partial charge is 0.419 e. The monoisotopic (exact) mass is 397 g/mol. The molecule has 0 unspecified atom stereocenters. The van der Waals surface area contributed by atoms with Gasteiger partial charge in [0.1, 0.15) is 0 Å². The summed E-state index contributed by atoms with van der Waals surface area (Å²) in [6.45, 7) is -0.0868. The molecule has 0 saturated heterocycles. The van der Waals surface area contributed by atoms with Gasteiger partial charge in [0.15, 0.2) is 0 Å². The van der Waals surface area contributed by atoms with E-state index in [0.717, 1.165) is 0 Å². The molecule has 1 N–H and O–H groups in total. The highest BCUT2D eigenvalue weighted by molar-refractivity contribution is 7.88. The summed E-state index contributed by atoms with van der Waals surface area (Å²) >= 11 is 11.6. The molecule has 0 spiro atoms. The minimum absolute atomic E-state index is 0.0868. The van der Waals surface area contributed by atoms with Crippen LogP contribution in [0, 0.1) is 0 Å². The van der Waals surface area contributed by atoms with Crippen molar-refractivity contribution < 1.29 is 12.8 Å². The number of halogens is 2. The predicted octanol–water partition coefficient (Wildman–Crippen LogP) is 3.66. The molecule has 0 fully saturated rings. The normalized spacial score (nSPS) is 11.6. The molecule has 0 aliphatic carbocycles. The van der Waals surface area contributed by atoms with Crippen LogP contribution >= 0.6 is 23.2 Å². The number of hydrogen-bond acceptors (Lipinski definition) is 5. The van der Waals surface area contributed by atoms with E-state index in [9.17, 15) is 8.42 Å². The van der Waals surface area contributed by atoms with Gasteiger partial charge in [-0.15, -0.1) is 10.2 Å². The lowest BCUT2D eigenvalue weighted by atomic mass is 10.2. The van der Waals surface area contributed by atoms with Gasteiger partial charge >= 0.3 is 0 Å². The second-order valence-electron chi connectivity index (χ2n) is 5.21. The molecule has 25 heavy (non-hydrogen) atoms. The average molecular weight is 398 g/mol. The van der Waals surface area contributed by atoms with Crippen LogP contribution in [0.4, 0.5) is 0 Å². The molecule has 3 aromatic rings. The molecule has 2 aromatic carbocycles. The van der Waals surface area contributed by atoms with Crippen LogP contribution in [0.1, 0.15) is 11.5 Å². The fourth-order valence-electron chi connectivity index (χ4n) is 2.06. The van der Waals surface area contributed by atoms with Crippen LogP contribution in [-0.4, -0.2) is 18.6 Å². The van der Waals surface area contributed by atoms with Crippen LogP contribution in [0.5, 0.6) is 0 Å². The number of hydrogen-bond donors (Lipinski definition) is 1. The van der Waals surface area contributed by atoms with E-state index in [0.29, 0.717) is 27.1 Å². The van der Waals surface area contributed by atoms with Crippen molar-refractivity contribution in [3.05, 3.63) is 70.0 Å². The van der Waals surface area contributed by atoms with Gasteiger partial charge in [-0.25, -0.2) is 13.1 Å². The molecule has 0 saturated carbocycles. The van der Waals surface area contributed by atoms with E-state index >= 15 is 0 Å². The van der Waals surface area contributed by atoms with Crippen molar-refractivity contribution in [1.82, 2.24) is 14.9 Å². The number of nitrogens with one attached hydrogen (secondary N) is 1. The van der Waals surface area contributed by atoms with E-state index in [1.165, 1.54) is 0 Å². The Labute approximate surface area is 154 Å². The Hall–Kier alpha value is -1.93. The lowest BCUT2D eigenvalue weighted by Gasteiger charge is -2.05. The van der Waals surface area contributed by atoms with Gasteiger partial charge in [0, 0.05) is 15.6 Å². The fraction of sp³-hybridized carbons (Fsp3) is 0.125. The first kappa shape index (κ1) is 17.9. The Morgan fingerprint density at radius 1 is 0.920 bits per heavy atom. The maximum absolute atomic E-state index is 12.1. The smallest absolute Gasteiger partial charge is 0.247 e. The van der Waals surface area contributed by atoms with Gasteiger partial charge in [0.05, 0.1) is 12.3 Å². The fourth-order valence-corrected chi connectivity index (χ4v) is 3.39. The highest BCUT2D eigenvalue weighted by atomic mass is 35.5.